The van der Waals surface area contributed by atoms with Crippen LogP contribution in [0.25, 0.3) is 0 Å². The lowest BCUT2D eigenvalue weighted by molar-refractivity contribution is 0.0373. The van der Waals surface area contributed by atoms with E-state index in [1.807, 2.05) is 12.1 Å². The molecule has 0 spiro atoms. The maximum atomic E-state index is 12.6. The monoisotopic (exact) mass is 470 g/mol. The van der Waals surface area contributed by atoms with Crippen molar-refractivity contribution in [3.8, 4) is 0 Å². The van der Waals surface area contributed by atoms with Gasteiger partial charge in [-0.1, -0.05) is 43.3 Å². The van der Waals surface area contributed by atoms with Gasteiger partial charge in [-0.05, 0) is 53.9 Å². The minimum absolute atomic E-state index is 0.0771. The number of benzene rings is 2. The summed E-state index contributed by atoms with van der Waals surface area (Å²) >= 11 is 15.9. The summed E-state index contributed by atoms with van der Waals surface area (Å²) in [4.78, 5) is 25.3. The minimum atomic E-state index is -0.888. The van der Waals surface area contributed by atoms with E-state index in [4.69, 9.17) is 23.6 Å². The number of carbonyl (C=O) groups excluding carboxylic acids is 2. The Hall–Kier alpha value is -1.40. The molecule has 1 amide bonds. The van der Waals surface area contributed by atoms with Crippen molar-refractivity contribution in [3.05, 3.63) is 69.7 Å². The van der Waals surface area contributed by atoms with Gasteiger partial charge in [0.05, 0.1) is 11.1 Å². The highest BCUT2D eigenvalue weighted by Crippen LogP contribution is 2.29. The lowest BCUT2D eigenvalue weighted by Crippen LogP contribution is -2.48. The number of amides is 1. The zero-order valence-electron chi connectivity index (χ0n) is 15.4. The average molecular weight is 472 g/mol. The number of Topliss-reactive ketones (excluding diaryl/α,β-unsaturated/α-hetero) is 1. The molecule has 0 N–H and O–H groups in total. The fourth-order valence-electron chi connectivity index (χ4n) is 2.54. The van der Waals surface area contributed by atoms with E-state index in [2.05, 4.69) is 22.9 Å². The molecule has 0 aromatic heterocycles. The van der Waals surface area contributed by atoms with Gasteiger partial charge < -0.3 is 0 Å². The van der Waals surface area contributed by atoms with Gasteiger partial charge in [0, 0.05) is 40.0 Å². The number of halogens is 3. The number of rotatable bonds is 7. The number of ketones is 1. The molecule has 0 aliphatic rings. The maximum Gasteiger partial charge on any atom is 0.285 e. The Balaban J connectivity index is 2.12. The molecule has 0 saturated carbocycles. The van der Waals surface area contributed by atoms with Gasteiger partial charge in [0.25, 0.3) is 5.91 Å². The van der Waals surface area contributed by atoms with E-state index in [9.17, 15) is 9.59 Å². The zero-order chi connectivity index (χ0) is 20.2. The average Bonchev–Trinajstić information content (AvgIpc) is 2.66. The number of aryl methyl sites for hydroxylation is 1. The Labute approximate surface area is 178 Å². The Morgan fingerprint density at radius 3 is 2.19 bits per heavy atom. The van der Waals surface area contributed by atoms with Gasteiger partial charge in [0.2, 0.25) is 0 Å². The second-order valence-electron chi connectivity index (χ2n) is 6.77. The second-order valence-corrected chi connectivity index (χ2v) is 8.26. The van der Waals surface area contributed by atoms with Crippen LogP contribution in [0.3, 0.4) is 0 Å². The maximum absolute atomic E-state index is 12.6. The summed E-state index contributed by atoms with van der Waals surface area (Å²) in [5, 5.41) is 0. The molecular formula is C20H21BrCl2N2O2. The van der Waals surface area contributed by atoms with Gasteiger partial charge in [0.1, 0.15) is 0 Å². The molecule has 0 radical (unpaired) electrons. The molecule has 4 nitrogen and oxygen atoms in total. The first kappa shape index (κ1) is 21.9. The molecule has 0 bridgehead atoms. The van der Waals surface area contributed by atoms with E-state index in [0.717, 1.165) is 21.0 Å². The van der Waals surface area contributed by atoms with Crippen molar-refractivity contribution in [2.45, 2.75) is 39.2 Å². The predicted molar refractivity (Wildman–Crippen MR) is 113 cm³/mol. The molecule has 27 heavy (non-hydrogen) atoms. The standard InChI is InChI=1S/C20H21BrCl2N2O2/c1-4-14-9-11-15(12-10-14)18(26)13-20(2,3)25(23)24(22)19(27)16-7-5-6-8-17(16)21/h5-12H,4,13H2,1-3H3. The lowest BCUT2D eigenvalue weighted by Gasteiger charge is -2.36. The van der Waals surface area contributed by atoms with Gasteiger partial charge >= 0.3 is 0 Å². The Kier molecular flexibility index (Phi) is 7.46. The van der Waals surface area contributed by atoms with Crippen molar-refractivity contribution in [3.63, 3.8) is 0 Å². The molecule has 0 atom stereocenters. The Bertz CT molecular complexity index is 825. The van der Waals surface area contributed by atoms with Crippen LogP contribution >= 0.6 is 39.5 Å². The SMILES string of the molecule is CCc1ccc(C(=O)CC(C)(C)N(Cl)N(Cl)C(=O)c2ccccc2Br)cc1. The third-order valence-electron chi connectivity index (χ3n) is 4.20. The molecule has 0 aliphatic heterocycles. The molecule has 0 saturated heterocycles. The van der Waals surface area contributed by atoms with Gasteiger partial charge in [-0.3, -0.25) is 9.59 Å². The van der Waals surface area contributed by atoms with Crippen LogP contribution in [0.5, 0.6) is 0 Å². The van der Waals surface area contributed by atoms with Crippen LogP contribution in [0.4, 0.5) is 0 Å². The third-order valence-corrected chi connectivity index (χ3v) is 5.89. The van der Waals surface area contributed by atoms with Crippen LogP contribution in [0.2, 0.25) is 0 Å². The molecule has 2 rings (SSSR count). The fourth-order valence-corrected chi connectivity index (χ4v) is 3.42. The predicted octanol–water partition coefficient (Wildman–Crippen LogP) is 6.03. The third kappa shape index (κ3) is 5.32. The van der Waals surface area contributed by atoms with Crippen molar-refractivity contribution >= 4 is 51.2 Å². The van der Waals surface area contributed by atoms with E-state index >= 15 is 0 Å². The molecule has 0 heterocycles. The number of hydrogen-bond acceptors (Lipinski definition) is 3. The minimum Gasteiger partial charge on any atom is -0.294 e. The highest BCUT2D eigenvalue weighted by molar-refractivity contribution is 9.10. The molecule has 0 unspecified atom stereocenters. The summed E-state index contributed by atoms with van der Waals surface area (Å²) in [5.74, 6) is -0.571. The number of carbonyl (C=O) groups is 2. The summed E-state index contributed by atoms with van der Waals surface area (Å²) in [5.41, 5.74) is 1.25. The quantitative estimate of drug-likeness (QED) is 0.281. The number of hydrazine groups is 1. The molecule has 7 heteroatoms. The van der Waals surface area contributed by atoms with Gasteiger partial charge in [-0.25, -0.2) is 0 Å². The van der Waals surface area contributed by atoms with E-state index < -0.39 is 11.4 Å². The van der Waals surface area contributed by atoms with Gasteiger partial charge in [0.15, 0.2) is 5.78 Å². The zero-order valence-corrected chi connectivity index (χ0v) is 18.5. The summed E-state index contributed by atoms with van der Waals surface area (Å²) in [6.45, 7) is 5.56. The number of hydrogen-bond donors (Lipinski definition) is 0. The van der Waals surface area contributed by atoms with Crippen molar-refractivity contribution in [2.75, 3.05) is 0 Å². The van der Waals surface area contributed by atoms with E-state index in [1.54, 1.807) is 50.2 Å². The van der Waals surface area contributed by atoms with Crippen LogP contribution in [0, 0.1) is 0 Å². The smallest absolute Gasteiger partial charge is 0.285 e. The van der Waals surface area contributed by atoms with Crippen LogP contribution in [-0.2, 0) is 6.42 Å². The van der Waals surface area contributed by atoms with Crippen molar-refractivity contribution in [1.82, 2.24) is 9.06 Å². The fraction of sp³-hybridized carbons (Fsp3) is 0.300. The second kappa shape index (κ2) is 9.20. The van der Waals surface area contributed by atoms with Crippen LogP contribution in [0.1, 0.15) is 53.5 Å². The molecule has 0 aliphatic carbocycles. The molecule has 0 fully saturated rings. The van der Waals surface area contributed by atoms with Gasteiger partial charge in [-0.2, -0.15) is 4.53 Å². The highest BCUT2D eigenvalue weighted by atomic mass is 79.9. The van der Waals surface area contributed by atoms with E-state index in [0.29, 0.717) is 15.6 Å². The molecular weight excluding hydrogens is 451 g/mol. The summed E-state index contributed by atoms with van der Waals surface area (Å²) < 4.78 is 2.47. The van der Waals surface area contributed by atoms with E-state index in [-0.39, 0.29) is 12.2 Å². The normalized spacial score (nSPS) is 11.5. The largest absolute Gasteiger partial charge is 0.294 e. The molecule has 2 aromatic rings. The van der Waals surface area contributed by atoms with Crippen LogP contribution in [-0.4, -0.2) is 26.3 Å². The summed E-state index contributed by atoms with van der Waals surface area (Å²) in [7, 11) is 0. The molecule has 144 valence electrons. The lowest BCUT2D eigenvalue weighted by atomic mass is 9.94. The number of nitrogens with zero attached hydrogens (tertiary/aromatic N) is 2. The van der Waals surface area contributed by atoms with Crippen LogP contribution in [0.15, 0.2) is 53.0 Å². The summed E-state index contributed by atoms with van der Waals surface area (Å²) in [6.07, 6.45) is 1.00. The van der Waals surface area contributed by atoms with Gasteiger partial charge in [-0.15, -0.1) is 4.53 Å². The summed E-state index contributed by atoms with van der Waals surface area (Å²) in [6, 6.07) is 14.4. The Morgan fingerprint density at radius 2 is 1.63 bits per heavy atom. The first-order valence-corrected chi connectivity index (χ1v) is 9.97. The molecule has 2 aromatic carbocycles. The van der Waals surface area contributed by atoms with Crippen molar-refractivity contribution in [2.24, 2.45) is 0 Å². The highest BCUT2D eigenvalue weighted by Gasteiger charge is 2.36. The van der Waals surface area contributed by atoms with E-state index in [1.165, 1.54) is 0 Å². The van der Waals surface area contributed by atoms with Crippen LogP contribution < -0.4 is 0 Å². The Morgan fingerprint density at radius 1 is 1.04 bits per heavy atom. The topological polar surface area (TPSA) is 40.6 Å². The van der Waals surface area contributed by atoms with Crippen molar-refractivity contribution < 1.29 is 9.59 Å². The van der Waals surface area contributed by atoms with Crippen molar-refractivity contribution in [1.29, 1.82) is 0 Å². The first-order valence-electron chi connectivity index (χ1n) is 8.50. The first-order chi connectivity index (χ1) is 12.7.